The molecule has 1 saturated carbocycles. The molecule has 3 aromatic rings. The SMILES string of the molecule is Nc1cc2ccccc2nc1[C@@H]1CCCN(C(=O)C2(c3ccccc3F)CC2)C1. The number of amides is 1. The van der Waals surface area contributed by atoms with E-state index in [1.165, 1.54) is 6.07 Å². The zero-order valence-electron chi connectivity index (χ0n) is 16.3. The second kappa shape index (κ2) is 6.83. The number of halogens is 1. The van der Waals surface area contributed by atoms with Crippen molar-refractivity contribution in [3.05, 3.63) is 71.7 Å². The molecule has 1 amide bonds. The Morgan fingerprint density at radius 3 is 2.69 bits per heavy atom. The van der Waals surface area contributed by atoms with E-state index in [1.54, 1.807) is 12.1 Å². The summed E-state index contributed by atoms with van der Waals surface area (Å²) < 4.78 is 14.4. The molecule has 2 aliphatic rings. The number of nitrogens with two attached hydrogens (primary N) is 1. The molecule has 1 saturated heterocycles. The Bertz CT molecular complexity index is 1090. The summed E-state index contributed by atoms with van der Waals surface area (Å²) >= 11 is 0. The predicted octanol–water partition coefficient (Wildman–Crippen LogP) is 4.39. The van der Waals surface area contributed by atoms with Crippen molar-refractivity contribution < 1.29 is 9.18 Å². The average molecular weight is 389 g/mol. The summed E-state index contributed by atoms with van der Waals surface area (Å²) in [6.07, 6.45) is 3.28. The van der Waals surface area contributed by atoms with E-state index in [0.717, 1.165) is 29.4 Å². The van der Waals surface area contributed by atoms with Gasteiger partial charge in [0, 0.05) is 30.0 Å². The number of hydrogen-bond acceptors (Lipinski definition) is 3. The lowest BCUT2D eigenvalue weighted by atomic mass is 9.89. The number of carbonyl (C=O) groups is 1. The number of hydrogen-bond donors (Lipinski definition) is 1. The number of pyridine rings is 1. The van der Waals surface area contributed by atoms with Crippen LogP contribution >= 0.6 is 0 Å². The van der Waals surface area contributed by atoms with Crippen LogP contribution in [0.5, 0.6) is 0 Å². The van der Waals surface area contributed by atoms with E-state index in [0.29, 0.717) is 37.2 Å². The van der Waals surface area contributed by atoms with Crippen LogP contribution in [0, 0.1) is 5.82 Å². The number of piperidine rings is 1. The first kappa shape index (κ1) is 18.1. The number of nitrogens with zero attached hydrogens (tertiary/aromatic N) is 2. The highest BCUT2D eigenvalue weighted by atomic mass is 19.1. The lowest BCUT2D eigenvalue weighted by Crippen LogP contribution is -2.45. The first-order chi connectivity index (χ1) is 14.1. The number of benzene rings is 2. The van der Waals surface area contributed by atoms with Gasteiger partial charge in [-0.1, -0.05) is 36.4 Å². The van der Waals surface area contributed by atoms with Crippen LogP contribution < -0.4 is 5.73 Å². The molecule has 5 rings (SSSR count). The van der Waals surface area contributed by atoms with Crippen molar-refractivity contribution in [2.75, 3.05) is 18.8 Å². The number of likely N-dealkylation sites (tertiary alicyclic amines) is 1. The van der Waals surface area contributed by atoms with Gasteiger partial charge in [0.15, 0.2) is 0 Å². The van der Waals surface area contributed by atoms with E-state index >= 15 is 0 Å². The van der Waals surface area contributed by atoms with Gasteiger partial charge in [-0.05, 0) is 43.9 Å². The summed E-state index contributed by atoms with van der Waals surface area (Å²) in [4.78, 5) is 20.1. The Kier molecular flexibility index (Phi) is 4.26. The van der Waals surface area contributed by atoms with Gasteiger partial charge in [-0.2, -0.15) is 0 Å². The predicted molar refractivity (Wildman–Crippen MR) is 112 cm³/mol. The highest BCUT2D eigenvalue weighted by Gasteiger charge is 2.54. The summed E-state index contributed by atoms with van der Waals surface area (Å²) in [5.41, 5.74) is 8.66. The number of nitrogen functional groups attached to an aromatic ring is 1. The van der Waals surface area contributed by atoms with Crippen LogP contribution in [-0.4, -0.2) is 28.9 Å². The Balaban J connectivity index is 1.42. The zero-order valence-corrected chi connectivity index (χ0v) is 16.3. The van der Waals surface area contributed by atoms with Gasteiger partial charge in [0.1, 0.15) is 5.82 Å². The van der Waals surface area contributed by atoms with Gasteiger partial charge in [0.25, 0.3) is 0 Å². The number of fused-ring (bicyclic) bond motifs is 1. The van der Waals surface area contributed by atoms with Gasteiger partial charge in [-0.15, -0.1) is 0 Å². The zero-order chi connectivity index (χ0) is 20.0. The van der Waals surface area contributed by atoms with E-state index in [1.807, 2.05) is 41.3 Å². The minimum atomic E-state index is -0.685. The summed E-state index contributed by atoms with van der Waals surface area (Å²) in [7, 11) is 0. The van der Waals surface area contributed by atoms with Crippen molar-refractivity contribution in [3.63, 3.8) is 0 Å². The number of rotatable bonds is 3. The number of anilines is 1. The van der Waals surface area contributed by atoms with E-state index < -0.39 is 5.41 Å². The molecule has 1 aliphatic carbocycles. The van der Waals surface area contributed by atoms with Crippen LogP contribution in [0.4, 0.5) is 10.1 Å². The lowest BCUT2D eigenvalue weighted by molar-refractivity contribution is -0.135. The van der Waals surface area contributed by atoms with Crippen LogP contribution in [0.25, 0.3) is 10.9 Å². The molecular weight excluding hydrogens is 365 g/mol. The molecule has 0 unspecified atom stereocenters. The van der Waals surface area contributed by atoms with E-state index in [2.05, 4.69) is 0 Å². The topological polar surface area (TPSA) is 59.2 Å². The van der Waals surface area contributed by atoms with Crippen molar-refractivity contribution in [1.29, 1.82) is 0 Å². The van der Waals surface area contributed by atoms with E-state index in [-0.39, 0.29) is 17.6 Å². The number of para-hydroxylation sites is 1. The molecule has 0 radical (unpaired) electrons. The molecule has 1 aliphatic heterocycles. The minimum Gasteiger partial charge on any atom is -0.397 e. The lowest BCUT2D eigenvalue weighted by Gasteiger charge is -2.35. The van der Waals surface area contributed by atoms with Gasteiger partial charge >= 0.3 is 0 Å². The molecule has 0 bridgehead atoms. The van der Waals surface area contributed by atoms with Crippen LogP contribution in [0.1, 0.15) is 42.9 Å². The molecule has 2 aromatic carbocycles. The van der Waals surface area contributed by atoms with Gasteiger partial charge in [0.05, 0.1) is 22.3 Å². The highest BCUT2D eigenvalue weighted by Crippen LogP contribution is 2.51. The van der Waals surface area contributed by atoms with Crippen LogP contribution in [0.15, 0.2) is 54.6 Å². The average Bonchev–Trinajstić information content (AvgIpc) is 3.55. The van der Waals surface area contributed by atoms with Gasteiger partial charge in [-0.3, -0.25) is 9.78 Å². The molecule has 2 fully saturated rings. The summed E-state index contributed by atoms with van der Waals surface area (Å²) in [5.74, 6) is -0.132. The van der Waals surface area contributed by atoms with Crippen LogP contribution in [-0.2, 0) is 10.2 Å². The molecule has 5 heteroatoms. The quantitative estimate of drug-likeness (QED) is 0.723. The molecular formula is C24H24FN3O. The fourth-order valence-electron chi connectivity index (χ4n) is 4.73. The maximum atomic E-state index is 14.4. The van der Waals surface area contributed by atoms with Gasteiger partial charge in [-0.25, -0.2) is 4.39 Å². The largest absolute Gasteiger partial charge is 0.397 e. The van der Waals surface area contributed by atoms with Crippen LogP contribution in [0.2, 0.25) is 0 Å². The third kappa shape index (κ3) is 3.05. The number of carbonyl (C=O) groups excluding carboxylic acids is 1. The highest BCUT2D eigenvalue weighted by molar-refractivity contribution is 5.91. The third-order valence-electron chi connectivity index (χ3n) is 6.43. The molecule has 1 atom stereocenters. The fraction of sp³-hybridized carbons (Fsp3) is 0.333. The molecule has 1 aromatic heterocycles. The smallest absolute Gasteiger partial charge is 0.233 e. The van der Waals surface area contributed by atoms with Crippen molar-refractivity contribution in [1.82, 2.24) is 9.88 Å². The van der Waals surface area contributed by atoms with Gasteiger partial charge < -0.3 is 10.6 Å². The number of aromatic nitrogens is 1. The maximum absolute atomic E-state index is 14.4. The van der Waals surface area contributed by atoms with E-state index in [4.69, 9.17) is 10.7 Å². The van der Waals surface area contributed by atoms with Crippen molar-refractivity contribution in [3.8, 4) is 0 Å². The summed E-state index contributed by atoms with van der Waals surface area (Å²) in [6, 6.07) is 16.6. The molecule has 2 N–H and O–H groups in total. The standard InChI is InChI=1S/C24H24FN3O/c25-19-9-3-2-8-18(19)24(11-12-24)23(29)28-13-5-7-17(15-28)22-20(26)14-16-6-1-4-10-21(16)27-22/h1-4,6,8-10,14,17H,5,7,11-13,15,26H2/t17-/m1/s1. The molecule has 2 heterocycles. The summed E-state index contributed by atoms with van der Waals surface area (Å²) in [5, 5.41) is 1.02. The fourth-order valence-corrected chi connectivity index (χ4v) is 4.73. The van der Waals surface area contributed by atoms with E-state index in [9.17, 15) is 9.18 Å². The van der Waals surface area contributed by atoms with Crippen molar-refractivity contribution in [2.24, 2.45) is 0 Å². The minimum absolute atomic E-state index is 0.0478. The first-order valence-corrected chi connectivity index (χ1v) is 10.3. The Hall–Kier alpha value is -2.95. The van der Waals surface area contributed by atoms with Crippen molar-refractivity contribution in [2.45, 2.75) is 37.0 Å². The maximum Gasteiger partial charge on any atom is 0.233 e. The molecule has 148 valence electrons. The molecule has 0 spiro atoms. The molecule has 4 nitrogen and oxygen atoms in total. The monoisotopic (exact) mass is 389 g/mol. The normalized spacial score (nSPS) is 20.6. The Morgan fingerprint density at radius 2 is 1.90 bits per heavy atom. The summed E-state index contributed by atoms with van der Waals surface area (Å²) in [6.45, 7) is 1.30. The second-order valence-corrected chi connectivity index (χ2v) is 8.31. The van der Waals surface area contributed by atoms with Crippen molar-refractivity contribution >= 4 is 22.5 Å². The Morgan fingerprint density at radius 1 is 1.14 bits per heavy atom. The van der Waals surface area contributed by atoms with Gasteiger partial charge in [0.2, 0.25) is 5.91 Å². The first-order valence-electron chi connectivity index (χ1n) is 10.3. The second-order valence-electron chi connectivity index (χ2n) is 8.31. The third-order valence-corrected chi connectivity index (χ3v) is 6.43. The molecule has 29 heavy (non-hydrogen) atoms. The Labute approximate surface area is 169 Å². The van der Waals surface area contributed by atoms with Crippen LogP contribution in [0.3, 0.4) is 0 Å².